The molecule has 1 saturated heterocycles. The van der Waals surface area contributed by atoms with Crippen LogP contribution in [-0.2, 0) is 47.5 Å². The molecule has 1 aliphatic carbocycles. The standard InChI is InChI=1S/C45H56N4O13/c1-48(45(54)62-31-37-34-9-4-2-7-32(34)33-8-3-5-10-35(33)37)16-18-56-20-22-58-24-26-60-28-30-61-29-27-59-25-23-57-21-19-55-17-15-46-38-12-6-11-36-41(38)44(53)49(43(36)52)39-13-14-40(50)47-42(39)51/h2-12,37,39,46H,13-31H2,1H3,(H,47,50,51). The molecule has 334 valence electrons. The third-order valence-corrected chi connectivity index (χ3v) is 10.5. The van der Waals surface area contributed by atoms with Crippen LogP contribution >= 0.6 is 0 Å². The molecule has 17 nitrogen and oxygen atoms in total. The molecule has 62 heavy (non-hydrogen) atoms. The maximum Gasteiger partial charge on any atom is 0.409 e. The minimum Gasteiger partial charge on any atom is -0.448 e. The summed E-state index contributed by atoms with van der Waals surface area (Å²) in [5.74, 6) is -2.16. The quantitative estimate of drug-likeness (QED) is 0.0798. The highest BCUT2D eigenvalue weighted by atomic mass is 16.6. The Morgan fingerprint density at radius 1 is 0.645 bits per heavy atom. The van der Waals surface area contributed by atoms with Gasteiger partial charge in [0.05, 0.1) is 104 Å². The number of amides is 5. The highest BCUT2D eigenvalue weighted by Crippen LogP contribution is 2.44. The number of hydrogen-bond acceptors (Lipinski definition) is 14. The van der Waals surface area contributed by atoms with Gasteiger partial charge in [-0.2, -0.15) is 0 Å². The van der Waals surface area contributed by atoms with Crippen molar-refractivity contribution in [2.45, 2.75) is 24.8 Å². The van der Waals surface area contributed by atoms with Crippen LogP contribution in [0.2, 0.25) is 0 Å². The molecule has 3 aromatic rings. The Morgan fingerprint density at radius 3 is 1.69 bits per heavy atom. The number of ether oxygens (including phenoxy) is 8. The molecule has 3 aromatic carbocycles. The summed E-state index contributed by atoms with van der Waals surface area (Å²) < 4.78 is 44.6. The van der Waals surface area contributed by atoms with Gasteiger partial charge in [-0.1, -0.05) is 54.6 Å². The van der Waals surface area contributed by atoms with Gasteiger partial charge in [-0.25, -0.2) is 4.79 Å². The molecule has 2 heterocycles. The second-order valence-electron chi connectivity index (χ2n) is 14.6. The Hall–Kier alpha value is -5.27. The molecule has 5 amide bonds. The number of fused-ring (bicyclic) bond motifs is 4. The van der Waals surface area contributed by atoms with Gasteiger partial charge in [-0.15, -0.1) is 0 Å². The van der Waals surface area contributed by atoms with Gasteiger partial charge in [-0.05, 0) is 40.8 Å². The number of hydrogen-bond donors (Lipinski definition) is 2. The van der Waals surface area contributed by atoms with Gasteiger partial charge in [0.15, 0.2) is 0 Å². The van der Waals surface area contributed by atoms with Crippen LogP contribution in [0, 0.1) is 0 Å². The SMILES string of the molecule is CN(CCOCCOCCOCCOCCOCCOCCOCCNc1cccc2c1C(=O)N(C1CCC(=O)NC1=O)C2=O)C(=O)OCC1c2ccccc2-c2ccccc21. The van der Waals surface area contributed by atoms with Gasteiger partial charge in [0.25, 0.3) is 11.8 Å². The zero-order valence-electron chi connectivity index (χ0n) is 35.1. The number of nitrogens with one attached hydrogen (secondary N) is 2. The first-order valence-corrected chi connectivity index (χ1v) is 21.0. The Kier molecular flexibility index (Phi) is 18.2. The van der Waals surface area contributed by atoms with Crippen molar-refractivity contribution < 1.29 is 61.9 Å². The van der Waals surface area contributed by atoms with Crippen molar-refractivity contribution >= 4 is 35.4 Å². The van der Waals surface area contributed by atoms with Crippen LogP contribution in [0.15, 0.2) is 66.7 Å². The number of benzene rings is 3. The molecule has 1 fully saturated rings. The van der Waals surface area contributed by atoms with E-state index in [4.69, 9.17) is 37.9 Å². The van der Waals surface area contributed by atoms with E-state index in [1.807, 2.05) is 24.3 Å². The molecule has 0 spiro atoms. The van der Waals surface area contributed by atoms with Crippen molar-refractivity contribution in [1.29, 1.82) is 0 Å². The molecule has 2 aliphatic heterocycles. The van der Waals surface area contributed by atoms with Crippen molar-refractivity contribution in [3.05, 3.63) is 89.0 Å². The molecule has 0 bridgehead atoms. The average molecular weight is 861 g/mol. The Balaban J connectivity index is 0.672. The molecular formula is C45H56N4O13. The van der Waals surface area contributed by atoms with Crippen LogP contribution in [0.3, 0.4) is 0 Å². The van der Waals surface area contributed by atoms with Crippen LogP contribution in [0.5, 0.6) is 0 Å². The maximum atomic E-state index is 13.2. The van der Waals surface area contributed by atoms with E-state index in [1.165, 1.54) is 27.2 Å². The van der Waals surface area contributed by atoms with E-state index >= 15 is 0 Å². The van der Waals surface area contributed by atoms with Crippen LogP contribution in [0.25, 0.3) is 11.1 Å². The second kappa shape index (κ2) is 24.4. The molecule has 1 unspecified atom stereocenters. The minimum absolute atomic E-state index is 0.0226. The predicted octanol–water partition coefficient (Wildman–Crippen LogP) is 3.50. The lowest BCUT2D eigenvalue weighted by Gasteiger charge is -2.27. The minimum atomic E-state index is -1.02. The first-order chi connectivity index (χ1) is 30.3. The van der Waals surface area contributed by atoms with Gasteiger partial charge in [0.2, 0.25) is 11.8 Å². The maximum absolute atomic E-state index is 13.2. The van der Waals surface area contributed by atoms with E-state index < -0.39 is 29.7 Å². The molecule has 3 aliphatic rings. The normalized spacial score (nSPS) is 15.7. The summed E-state index contributed by atoms with van der Waals surface area (Å²) >= 11 is 0. The van der Waals surface area contributed by atoms with Crippen LogP contribution < -0.4 is 10.6 Å². The largest absolute Gasteiger partial charge is 0.448 e. The predicted molar refractivity (Wildman–Crippen MR) is 225 cm³/mol. The number of anilines is 1. The third-order valence-electron chi connectivity index (χ3n) is 10.5. The first-order valence-electron chi connectivity index (χ1n) is 21.0. The number of imide groups is 2. The van der Waals surface area contributed by atoms with E-state index in [0.29, 0.717) is 111 Å². The third kappa shape index (κ3) is 12.7. The highest BCUT2D eigenvalue weighted by Gasteiger charge is 2.45. The summed E-state index contributed by atoms with van der Waals surface area (Å²) in [5.41, 5.74) is 5.64. The molecule has 2 N–H and O–H groups in total. The van der Waals surface area contributed by atoms with Gasteiger partial charge < -0.3 is 48.1 Å². The molecule has 17 heteroatoms. The van der Waals surface area contributed by atoms with E-state index in [9.17, 15) is 24.0 Å². The monoisotopic (exact) mass is 860 g/mol. The molecule has 6 rings (SSSR count). The number of nitrogens with zero attached hydrogens (tertiary/aromatic N) is 2. The topological polar surface area (TPSA) is 190 Å². The smallest absolute Gasteiger partial charge is 0.409 e. The van der Waals surface area contributed by atoms with E-state index in [2.05, 4.69) is 34.9 Å². The van der Waals surface area contributed by atoms with Crippen LogP contribution in [0.1, 0.15) is 50.6 Å². The Morgan fingerprint density at radius 2 is 1.15 bits per heavy atom. The van der Waals surface area contributed by atoms with E-state index in [0.717, 1.165) is 4.90 Å². The fraction of sp³-hybridized carbons (Fsp3) is 0.489. The summed E-state index contributed by atoms with van der Waals surface area (Å²) in [6.45, 7) is 6.78. The molecule has 0 saturated carbocycles. The number of carbonyl (C=O) groups is 5. The lowest BCUT2D eigenvalue weighted by Crippen LogP contribution is -2.54. The summed E-state index contributed by atoms with van der Waals surface area (Å²) in [5, 5.41) is 5.33. The summed E-state index contributed by atoms with van der Waals surface area (Å²) in [7, 11) is 1.70. The van der Waals surface area contributed by atoms with Crippen molar-refractivity contribution in [3.63, 3.8) is 0 Å². The van der Waals surface area contributed by atoms with Gasteiger partial charge in [0.1, 0.15) is 12.6 Å². The van der Waals surface area contributed by atoms with Crippen molar-refractivity contribution in [2.24, 2.45) is 0 Å². The first kappa shape index (κ1) is 46.2. The zero-order valence-corrected chi connectivity index (χ0v) is 35.1. The van der Waals surface area contributed by atoms with Crippen molar-refractivity contribution in [3.8, 4) is 11.1 Å². The Labute approximate surface area is 361 Å². The second-order valence-corrected chi connectivity index (χ2v) is 14.6. The van der Waals surface area contributed by atoms with E-state index in [-0.39, 0.29) is 42.6 Å². The van der Waals surface area contributed by atoms with Gasteiger partial charge in [0, 0.05) is 38.2 Å². The summed E-state index contributed by atoms with van der Waals surface area (Å²) in [6, 6.07) is 20.4. The summed E-state index contributed by atoms with van der Waals surface area (Å²) in [6.07, 6.45) is -0.219. The number of carbonyl (C=O) groups excluding carboxylic acids is 5. The van der Waals surface area contributed by atoms with Crippen LogP contribution in [0.4, 0.5) is 10.5 Å². The molecule has 0 aromatic heterocycles. The van der Waals surface area contributed by atoms with Crippen molar-refractivity contribution in [2.75, 3.05) is 125 Å². The lowest BCUT2D eigenvalue weighted by molar-refractivity contribution is -0.136. The Bertz CT molecular complexity index is 1930. The lowest BCUT2D eigenvalue weighted by atomic mass is 9.98. The highest BCUT2D eigenvalue weighted by molar-refractivity contribution is 6.25. The van der Waals surface area contributed by atoms with Gasteiger partial charge in [-0.3, -0.25) is 29.4 Å². The molecule has 1 atom stereocenters. The van der Waals surface area contributed by atoms with Gasteiger partial charge >= 0.3 is 6.09 Å². The number of likely N-dealkylation sites (N-methyl/N-ethyl adjacent to an activating group) is 1. The summed E-state index contributed by atoms with van der Waals surface area (Å²) in [4.78, 5) is 65.1. The fourth-order valence-electron chi connectivity index (χ4n) is 7.34. The van der Waals surface area contributed by atoms with Crippen LogP contribution in [-0.4, -0.2) is 165 Å². The number of rotatable bonds is 28. The van der Waals surface area contributed by atoms with Crippen molar-refractivity contribution in [1.82, 2.24) is 15.1 Å². The molecular weight excluding hydrogens is 805 g/mol. The fourth-order valence-corrected chi connectivity index (χ4v) is 7.34. The zero-order chi connectivity index (χ0) is 43.5. The van der Waals surface area contributed by atoms with E-state index in [1.54, 1.807) is 25.2 Å². The molecule has 0 radical (unpaired) electrons. The number of piperidine rings is 1. The average Bonchev–Trinajstić information content (AvgIpc) is 3.74.